The molecule has 3 heteroatoms. The molecule has 0 unspecified atom stereocenters. The molecular formula is C12H19NOS. The zero-order chi connectivity index (χ0) is 11.1. The molecule has 0 aliphatic rings. The van der Waals surface area contributed by atoms with Crippen LogP contribution in [0, 0.1) is 0 Å². The van der Waals surface area contributed by atoms with Gasteiger partial charge in [0.1, 0.15) is 5.75 Å². The minimum atomic E-state index is 0.783. The Bertz CT molecular complexity index is 302. The number of thioether (sulfide) groups is 1. The Morgan fingerprint density at radius 2 is 2.13 bits per heavy atom. The van der Waals surface area contributed by atoms with Crippen LogP contribution in [0.4, 0.5) is 0 Å². The highest BCUT2D eigenvalue weighted by atomic mass is 32.2. The van der Waals surface area contributed by atoms with E-state index in [1.807, 2.05) is 6.07 Å². The van der Waals surface area contributed by atoms with Gasteiger partial charge in [0.05, 0.1) is 7.11 Å². The molecule has 0 heterocycles. The van der Waals surface area contributed by atoms with Crippen LogP contribution in [0.3, 0.4) is 0 Å². The summed E-state index contributed by atoms with van der Waals surface area (Å²) < 4.78 is 5.28. The molecule has 1 aromatic rings. The molecule has 0 aromatic heterocycles. The SMILES string of the molecule is COc1ccc(CCCCN)cc1SC. The first-order valence-corrected chi connectivity index (χ1v) is 6.45. The lowest BCUT2D eigenvalue weighted by Gasteiger charge is -2.08. The first-order chi connectivity index (χ1) is 7.31. The van der Waals surface area contributed by atoms with Gasteiger partial charge in [-0.15, -0.1) is 11.8 Å². The average molecular weight is 225 g/mol. The van der Waals surface area contributed by atoms with Crippen molar-refractivity contribution in [1.82, 2.24) is 0 Å². The van der Waals surface area contributed by atoms with Crippen LogP contribution in [0.15, 0.2) is 23.1 Å². The number of unbranched alkanes of at least 4 members (excludes halogenated alkanes) is 1. The molecular weight excluding hydrogens is 206 g/mol. The molecule has 0 fully saturated rings. The third-order valence-electron chi connectivity index (χ3n) is 2.37. The standard InChI is InChI=1S/C12H19NOS/c1-14-11-7-6-10(5-3-4-8-13)9-12(11)15-2/h6-7,9H,3-5,8,13H2,1-2H3. The number of hydrogen-bond donors (Lipinski definition) is 1. The monoisotopic (exact) mass is 225 g/mol. The number of rotatable bonds is 6. The van der Waals surface area contributed by atoms with Gasteiger partial charge in [-0.2, -0.15) is 0 Å². The second kappa shape index (κ2) is 6.75. The van der Waals surface area contributed by atoms with Crippen molar-refractivity contribution in [2.75, 3.05) is 19.9 Å². The molecule has 0 spiro atoms. The van der Waals surface area contributed by atoms with E-state index in [4.69, 9.17) is 10.5 Å². The van der Waals surface area contributed by atoms with Gasteiger partial charge < -0.3 is 10.5 Å². The van der Waals surface area contributed by atoms with E-state index < -0.39 is 0 Å². The highest BCUT2D eigenvalue weighted by Crippen LogP contribution is 2.28. The fourth-order valence-electron chi connectivity index (χ4n) is 1.51. The van der Waals surface area contributed by atoms with Gasteiger partial charge in [0.25, 0.3) is 0 Å². The molecule has 1 rings (SSSR count). The minimum Gasteiger partial charge on any atom is -0.496 e. The second-order valence-electron chi connectivity index (χ2n) is 3.44. The van der Waals surface area contributed by atoms with E-state index in [2.05, 4.69) is 18.4 Å². The van der Waals surface area contributed by atoms with Crippen LogP contribution in [0.5, 0.6) is 5.75 Å². The summed E-state index contributed by atoms with van der Waals surface area (Å²) in [6.45, 7) is 0.783. The topological polar surface area (TPSA) is 35.2 Å². The third kappa shape index (κ3) is 3.76. The molecule has 15 heavy (non-hydrogen) atoms. The Morgan fingerprint density at radius 1 is 1.33 bits per heavy atom. The molecule has 84 valence electrons. The van der Waals surface area contributed by atoms with Crippen LogP contribution in [0.25, 0.3) is 0 Å². The van der Waals surface area contributed by atoms with Gasteiger partial charge in [0.2, 0.25) is 0 Å². The summed E-state index contributed by atoms with van der Waals surface area (Å²) in [6, 6.07) is 6.39. The smallest absolute Gasteiger partial charge is 0.132 e. The molecule has 0 bridgehead atoms. The molecule has 0 saturated heterocycles. The van der Waals surface area contributed by atoms with Crippen molar-refractivity contribution >= 4 is 11.8 Å². The Balaban J connectivity index is 2.66. The molecule has 0 amide bonds. The lowest BCUT2D eigenvalue weighted by Crippen LogP contribution is -1.99. The van der Waals surface area contributed by atoms with Crippen molar-refractivity contribution < 1.29 is 4.74 Å². The molecule has 1 aromatic carbocycles. The van der Waals surface area contributed by atoms with Crippen molar-refractivity contribution in [2.45, 2.75) is 24.2 Å². The average Bonchev–Trinajstić information content (AvgIpc) is 2.29. The number of nitrogens with two attached hydrogens (primary N) is 1. The van der Waals surface area contributed by atoms with Crippen LogP contribution in [-0.4, -0.2) is 19.9 Å². The zero-order valence-corrected chi connectivity index (χ0v) is 10.3. The van der Waals surface area contributed by atoms with Gasteiger partial charge >= 0.3 is 0 Å². The first kappa shape index (κ1) is 12.4. The quantitative estimate of drug-likeness (QED) is 0.597. The molecule has 2 N–H and O–H groups in total. The normalized spacial score (nSPS) is 10.3. The third-order valence-corrected chi connectivity index (χ3v) is 3.13. The Hall–Kier alpha value is -0.670. The van der Waals surface area contributed by atoms with Gasteiger partial charge in [-0.3, -0.25) is 0 Å². The zero-order valence-electron chi connectivity index (χ0n) is 9.45. The van der Waals surface area contributed by atoms with E-state index in [0.29, 0.717) is 0 Å². The second-order valence-corrected chi connectivity index (χ2v) is 4.28. The summed E-state index contributed by atoms with van der Waals surface area (Å²) in [4.78, 5) is 1.21. The Morgan fingerprint density at radius 3 is 2.73 bits per heavy atom. The number of benzene rings is 1. The summed E-state index contributed by atoms with van der Waals surface area (Å²) in [7, 11) is 1.71. The molecule has 0 atom stereocenters. The lowest BCUT2D eigenvalue weighted by molar-refractivity contribution is 0.404. The van der Waals surface area contributed by atoms with Gasteiger partial charge in [-0.25, -0.2) is 0 Å². The van der Waals surface area contributed by atoms with E-state index in [9.17, 15) is 0 Å². The Kier molecular flexibility index (Phi) is 5.58. The highest BCUT2D eigenvalue weighted by molar-refractivity contribution is 7.98. The summed E-state index contributed by atoms with van der Waals surface area (Å²) in [5.74, 6) is 0.963. The molecule has 2 nitrogen and oxygen atoms in total. The van der Waals surface area contributed by atoms with Crippen LogP contribution in [-0.2, 0) is 6.42 Å². The van der Waals surface area contributed by atoms with E-state index >= 15 is 0 Å². The van der Waals surface area contributed by atoms with Crippen molar-refractivity contribution in [1.29, 1.82) is 0 Å². The number of hydrogen-bond acceptors (Lipinski definition) is 3. The minimum absolute atomic E-state index is 0.783. The molecule has 0 aliphatic carbocycles. The van der Waals surface area contributed by atoms with Crippen LogP contribution in [0.2, 0.25) is 0 Å². The predicted octanol–water partition coefficient (Wildman–Crippen LogP) is 2.70. The maximum Gasteiger partial charge on any atom is 0.132 e. The van der Waals surface area contributed by atoms with Crippen LogP contribution in [0.1, 0.15) is 18.4 Å². The largest absolute Gasteiger partial charge is 0.496 e. The predicted molar refractivity (Wildman–Crippen MR) is 66.8 cm³/mol. The number of aryl methyl sites for hydroxylation is 1. The van der Waals surface area contributed by atoms with E-state index in [-0.39, 0.29) is 0 Å². The molecule has 0 saturated carbocycles. The summed E-state index contributed by atoms with van der Waals surface area (Å²) in [5, 5.41) is 0. The maximum absolute atomic E-state index is 5.47. The summed E-state index contributed by atoms with van der Waals surface area (Å²) in [6.07, 6.45) is 5.44. The maximum atomic E-state index is 5.47. The van der Waals surface area contributed by atoms with Crippen LogP contribution >= 0.6 is 11.8 Å². The van der Waals surface area contributed by atoms with E-state index in [1.54, 1.807) is 18.9 Å². The fraction of sp³-hybridized carbons (Fsp3) is 0.500. The van der Waals surface area contributed by atoms with Gasteiger partial charge in [-0.05, 0) is 49.8 Å². The van der Waals surface area contributed by atoms with Gasteiger partial charge in [-0.1, -0.05) is 6.07 Å². The van der Waals surface area contributed by atoms with Gasteiger partial charge in [0, 0.05) is 4.90 Å². The van der Waals surface area contributed by atoms with Gasteiger partial charge in [0.15, 0.2) is 0 Å². The van der Waals surface area contributed by atoms with Crippen molar-refractivity contribution in [2.24, 2.45) is 5.73 Å². The Labute approximate surface area is 96.2 Å². The summed E-state index contributed by atoms with van der Waals surface area (Å²) >= 11 is 1.72. The molecule has 0 aliphatic heterocycles. The lowest BCUT2D eigenvalue weighted by atomic mass is 10.1. The van der Waals surface area contributed by atoms with Crippen LogP contribution < -0.4 is 10.5 Å². The first-order valence-electron chi connectivity index (χ1n) is 5.22. The highest BCUT2D eigenvalue weighted by Gasteiger charge is 2.02. The van der Waals surface area contributed by atoms with E-state index in [1.165, 1.54) is 10.5 Å². The number of methoxy groups -OCH3 is 1. The summed E-state index contributed by atoms with van der Waals surface area (Å²) in [5.41, 5.74) is 6.84. The van der Waals surface area contributed by atoms with Crippen molar-refractivity contribution in [3.8, 4) is 5.75 Å². The van der Waals surface area contributed by atoms with Crippen molar-refractivity contribution in [3.63, 3.8) is 0 Å². The molecule has 0 radical (unpaired) electrons. The van der Waals surface area contributed by atoms with E-state index in [0.717, 1.165) is 31.6 Å². The van der Waals surface area contributed by atoms with Crippen molar-refractivity contribution in [3.05, 3.63) is 23.8 Å². The fourth-order valence-corrected chi connectivity index (χ4v) is 2.13. The number of ether oxygens (including phenoxy) is 1.